The van der Waals surface area contributed by atoms with Gasteiger partial charge in [0.25, 0.3) is 5.91 Å². The largest absolute Gasteiger partial charge is 0.458 e. The molecule has 6 nitrogen and oxygen atoms in total. The van der Waals surface area contributed by atoms with Crippen LogP contribution in [0.15, 0.2) is 36.1 Å². The number of fused-ring (bicyclic) bond motifs is 1. The van der Waals surface area contributed by atoms with Crippen LogP contribution < -0.4 is 4.74 Å². The monoisotopic (exact) mass is 374 g/mol. The second kappa shape index (κ2) is 6.93. The minimum atomic E-state index is -0.119. The van der Waals surface area contributed by atoms with Crippen molar-refractivity contribution in [2.75, 3.05) is 13.1 Å². The lowest BCUT2D eigenvalue weighted by Crippen LogP contribution is -2.44. The zero-order valence-corrected chi connectivity index (χ0v) is 14.8. The van der Waals surface area contributed by atoms with Crippen LogP contribution in [0.3, 0.4) is 0 Å². The molecular formula is C17H15ClN4O2S. The first-order valence-electron chi connectivity index (χ1n) is 7.96. The van der Waals surface area contributed by atoms with Crippen LogP contribution in [-0.4, -0.2) is 45.0 Å². The molecule has 128 valence electrons. The van der Waals surface area contributed by atoms with E-state index in [4.69, 9.17) is 16.3 Å². The molecule has 1 fully saturated rings. The van der Waals surface area contributed by atoms with Crippen molar-refractivity contribution < 1.29 is 9.53 Å². The summed E-state index contributed by atoms with van der Waals surface area (Å²) in [6, 6.07) is 5.91. The van der Waals surface area contributed by atoms with Crippen molar-refractivity contribution in [2.45, 2.75) is 18.9 Å². The Hall–Kier alpha value is -2.25. The molecule has 1 aliphatic heterocycles. The van der Waals surface area contributed by atoms with Gasteiger partial charge in [0.1, 0.15) is 6.10 Å². The molecule has 0 unspecified atom stereocenters. The van der Waals surface area contributed by atoms with Crippen LogP contribution in [0.4, 0.5) is 0 Å². The van der Waals surface area contributed by atoms with E-state index in [2.05, 4.69) is 15.0 Å². The molecule has 0 N–H and O–H groups in total. The van der Waals surface area contributed by atoms with Gasteiger partial charge in [-0.25, -0.2) is 15.0 Å². The smallest absolute Gasteiger partial charge is 0.316 e. The number of hydrogen-bond donors (Lipinski definition) is 0. The molecule has 1 atom stereocenters. The van der Waals surface area contributed by atoms with Gasteiger partial charge in [0, 0.05) is 12.1 Å². The molecule has 0 radical (unpaired) electrons. The normalized spacial score (nSPS) is 17.6. The van der Waals surface area contributed by atoms with Crippen LogP contribution in [0.2, 0.25) is 5.02 Å². The Bertz CT molecular complexity index is 899. The van der Waals surface area contributed by atoms with E-state index in [0.717, 1.165) is 29.6 Å². The number of likely N-dealkylation sites (tertiary alicyclic amines) is 1. The number of rotatable bonds is 3. The summed E-state index contributed by atoms with van der Waals surface area (Å²) in [5.41, 5.74) is 3.39. The zero-order valence-electron chi connectivity index (χ0n) is 13.3. The Balaban J connectivity index is 1.46. The number of nitrogens with zero attached hydrogens (tertiary/aromatic N) is 4. The van der Waals surface area contributed by atoms with E-state index in [1.807, 2.05) is 23.1 Å². The molecule has 4 rings (SSSR count). The van der Waals surface area contributed by atoms with Crippen molar-refractivity contribution in [3.05, 3.63) is 46.7 Å². The number of aromatic nitrogens is 3. The summed E-state index contributed by atoms with van der Waals surface area (Å²) in [7, 11) is 0. The molecule has 8 heteroatoms. The van der Waals surface area contributed by atoms with Gasteiger partial charge in [-0.1, -0.05) is 11.6 Å². The molecule has 2 aromatic heterocycles. The summed E-state index contributed by atoms with van der Waals surface area (Å²) < 4.78 is 6.82. The van der Waals surface area contributed by atoms with E-state index in [1.54, 1.807) is 5.51 Å². The summed E-state index contributed by atoms with van der Waals surface area (Å²) in [5, 5.41) is 0.464. The number of hydrogen-bond acceptors (Lipinski definition) is 6. The lowest BCUT2D eigenvalue weighted by Gasteiger charge is -2.32. The molecule has 1 amide bonds. The summed E-state index contributed by atoms with van der Waals surface area (Å²) in [6.07, 6.45) is 4.63. The lowest BCUT2D eigenvalue weighted by molar-refractivity contribution is 0.0516. The summed E-state index contributed by atoms with van der Waals surface area (Å²) in [6.45, 7) is 1.24. The van der Waals surface area contributed by atoms with Crippen LogP contribution in [0, 0.1) is 0 Å². The molecular weight excluding hydrogens is 360 g/mol. The van der Waals surface area contributed by atoms with Gasteiger partial charge in [0.05, 0.1) is 39.7 Å². The minimum Gasteiger partial charge on any atom is -0.458 e. The predicted molar refractivity (Wildman–Crippen MR) is 96.2 cm³/mol. The predicted octanol–water partition coefficient (Wildman–Crippen LogP) is 3.42. The van der Waals surface area contributed by atoms with Crippen molar-refractivity contribution in [2.24, 2.45) is 0 Å². The fraction of sp³-hybridized carbons (Fsp3) is 0.294. The van der Waals surface area contributed by atoms with Gasteiger partial charge in [0.15, 0.2) is 0 Å². The highest BCUT2D eigenvalue weighted by molar-refractivity contribution is 7.16. The average molecular weight is 375 g/mol. The first kappa shape index (κ1) is 16.2. The maximum atomic E-state index is 12.8. The van der Waals surface area contributed by atoms with Crippen LogP contribution >= 0.6 is 22.9 Å². The highest BCUT2D eigenvalue weighted by atomic mass is 35.5. The third-order valence-electron chi connectivity index (χ3n) is 4.11. The van der Waals surface area contributed by atoms with Crippen molar-refractivity contribution in [1.82, 2.24) is 19.9 Å². The van der Waals surface area contributed by atoms with Gasteiger partial charge in [0.2, 0.25) is 0 Å². The summed E-state index contributed by atoms with van der Waals surface area (Å²) in [4.78, 5) is 27.0. The van der Waals surface area contributed by atoms with Crippen LogP contribution in [0.1, 0.15) is 23.2 Å². The SMILES string of the molecule is O=C(c1ccc2ncsc2c1)N1CCC[C@@H](Oc2ncc(Cl)cn2)C1. The Kier molecular flexibility index (Phi) is 4.50. The number of halogens is 1. The van der Waals surface area contributed by atoms with Gasteiger partial charge < -0.3 is 9.64 Å². The molecule has 3 heterocycles. The second-order valence-corrected chi connectivity index (χ2v) is 7.17. The molecule has 1 saturated heterocycles. The number of piperidine rings is 1. The third kappa shape index (κ3) is 3.57. The van der Waals surface area contributed by atoms with Crippen molar-refractivity contribution in [1.29, 1.82) is 0 Å². The van der Waals surface area contributed by atoms with E-state index >= 15 is 0 Å². The standard InChI is InChI=1S/C17H15ClN4O2S/c18-12-7-19-17(20-8-12)24-13-2-1-5-22(9-13)16(23)11-3-4-14-15(6-11)25-10-21-14/h3-4,6-8,10,13H,1-2,5,9H2/t13-/m1/s1. The number of amides is 1. The molecule has 0 aliphatic carbocycles. The molecule has 3 aromatic rings. The zero-order chi connectivity index (χ0) is 17.2. The van der Waals surface area contributed by atoms with Gasteiger partial charge in [-0.15, -0.1) is 11.3 Å². The summed E-state index contributed by atoms with van der Waals surface area (Å²) in [5.74, 6) is 0.0145. The maximum absolute atomic E-state index is 12.8. The Morgan fingerprint density at radius 1 is 1.28 bits per heavy atom. The molecule has 0 spiro atoms. The quantitative estimate of drug-likeness (QED) is 0.702. The number of carbonyl (C=O) groups excluding carboxylic acids is 1. The Labute approximate surface area is 153 Å². The van der Waals surface area contributed by atoms with E-state index in [-0.39, 0.29) is 18.0 Å². The average Bonchev–Trinajstić information content (AvgIpc) is 3.11. The second-order valence-electron chi connectivity index (χ2n) is 5.85. The molecule has 0 saturated carbocycles. The fourth-order valence-electron chi connectivity index (χ4n) is 2.90. The maximum Gasteiger partial charge on any atom is 0.316 e. The number of thiazole rings is 1. The van der Waals surface area contributed by atoms with E-state index in [1.165, 1.54) is 23.7 Å². The topological polar surface area (TPSA) is 68.2 Å². The van der Waals surface area contributed by atoms with Crippen LogP contribution in [0.25, 0.3) is 10.2 Å². The highest BCUT2D eigenvalue weighted by Gasteiger charge is 2.26. The van der Waals surface area contributed by atoms with Crippen LogP contribution in [0.5, 0.6) is 6.01 Å². The molecule has 1 aliphatic rings. The van der Waals surface area contributed by atoms with Crippen LogP contribution in [-0.2, 0) is 0 Å². The first-order valence-corrected chi connectivity index (χ1v) is 9.21. The number of ether oxygens (including phenoxy) is 1. The van der Waals surface area contributed by atoms with Gasteiger partial charge in [-0.3, -0.25) is 4.79 Å². The highest BCUT2D eigenvalue weighted by Crippen LogP contribution is 2.22. The molecule has 25 heavy (non-hydrogen) atoms. The summed E-state index contributed by atoms with van der Waals surface area (Å²) >= 11 is 7.32. The van der Waals surface area contributed by atoms with E-state index < -0.39 is 0 Å². The van der Waals surface area contributed by atoms with Gasteiger partial charge in [-0.05, 0) is 31.0 Å². The molecule has 1 aromatic carbocycles. The first-order chi connectivity index (χ1) is 12.2. The van der Waals surface area contributed by atoms with Crippen molar-refractivity contribution in [3.63, 3.8) is 0 Å². The number of carbonyl (C=O) groups is 1. The minimum absolute atomic E-state index is 0.0145. The lowest BCUT2D eigenvalue weighted by atomic mass is 10.1. The Morgan fingerprint density at radius 3 is 2.96 bits per heavy atom. The van der Waals surface area contributed by atoms with E-state index in [9.17, 15) is 4.79 Å². The third-order valence-corrected chi connectivity index (χ3v) is 5.10. The Morgan fingerprint density at radius 2 is 2.12 bits per heavy atom. The van der Waals surface area contributed by atoms with Crippen molar-refractivity contribution >= 4 is 39.1 Å². The van der Waals surface area contributed by atoms with E-state index in [0.29, 0.717) is 17.1 Å². The fourth-order valence-corrected chi connectivity index (χ4v) is 3.71. The van der Waals surface area contributed by atoms with Gasteiger partial charge in [-0.2, -0.15) is 0 Å². The van der Waals surface area contributed by atoms with Crippen molar-refractivity contribution in [3.8, 4) is 6.01 Å². The molecule has 0 bridgehead atoms. The van der Waals surface area contributed by atoms with Gasteiger partial charge >= 0.3 is 6.01 Å². The number of benzene rings is 1.